The quantitative estimate of drug-likeness (QED) is 0.494. The van der Waals surface area contributed by atoms with E-state index in [0.29, 0.717) is 5.56 Å². The third kappa shape index (κ3) is 6.18. The van der Waals surface area contributed by atoms with Crippen LogP contribution in [0.25, 0.3) is 0 Å². The second-order valence-corrected chi connectivity index (χ2v) is 6.56. The van der Waals surface area contributed by atoms with E-state index in [9.17, 15) is 9.90 Å². The first-order chi connectivity index (χ1) is 17.5. The Kier molecular flexibility index (Phi) is 3.84. The Balaban J connectivity index is 1.92. The summed E-state index contributed by atoms with van der Waals surface area (Å²) in [5.41, 5.74) is 4.13. The molecule has 0 aliphatic heterocycles. The van der Waals surface area contributed by atoms with Gasteiger partial charge in [-0.3, -0.25) is 4.79 Å². The van der Waals surface area contributed by atoms with Gasteiger partial charge in [0.1, 0.15) is 0 Å². The van der Waals surface area contributed by atoms with Crippen molar-refractivity contribution < 1.29 is 23.6 Å². The fourth-order valence-corrected chi connectivity index (χ4v) is 2.74. The molecule has 1 amide bonds. The van der Waals surface area contributed by atoms with Crippen LogP contribution in [-0.2, 0) is 17.5 Å². The molecule has 1 atom stereocenters. The lowest BCUT2D eigenvalue weighted by molar-refractivity contribution is -0.115. The van der Waals surface area contributed by atoms with Crippen molar-refractivity contribution in [3.8, 4) is 0 Å². The van der Waals surface area contributed by atoms with E-state index in [1.807, 2.05) is 5.32 Å². The molecule has 2 aromatic carbocycles. The fraction of sp³-hybridized carbons (Fsp3) is 0.273. The van der Waals surface area contributed by atoms with Gasteiger partial charge in [0.2, 0.25) is 5.91 Å². The van der Waals surface area contributed by atoms with Crippen LogP contribution in [0.1, 0.15) is 55.8 Å². The molecule has 0 fully saturated rings. The molecule has 0 aliphatic carbocycles. The number of hydrogen-bond acceptors (Lipinski definition) is 5. The predicted molar refractivity (Wildman–Crippen MR) is 114 cm³/mol. The summed E-state index contributed by atoms with van der Waals surface area (Å²) in [4.78, 5) is 16.4. The van der Waals surface area contributed by atoms with Gasteiger partial charge in [-0.05, 0) is 42.4 Å². The number of nitrogens with one attached hydrogen (secondary N) is 1. The molecule has 1 heterocycles. The van der Waals surface area contributed by atoms with Gasteiger partial charge in [-0.1, -0.05) is 48.8 Å². The molecule has 5 nitrogen and oxygen atoms in total. The van der Waals surface area contributed by atoms with Gasteiger partial charge in [0.15, 0.2) is 5.13 Å². The van der Waals surface area contributed by atoms with Crippen LogP contribution in [0.3, 0.4) is 0 Å². The van der Waals surface area contributed by atoms with E-state index in [2.05, 4.69) is 4.98 Å². The number of hydrogen-bond donors (Lipinski definition) is 3. The number of rotatable bonds is 9. The molecule has 0 saturated heterocycles. The summed E-state index contributed by atoms with van der Waals surface area (Å²) < 4.78 is 82.9. The highest BCUT2D eigenvalue weighted by molar-refractivity contribution is 7.13. The van der Waals surface area contributed by atoms with E-state index in [-0.39, 0.29) is 17.2 Å². The van der Waals surface area contributed by atoms with E-state index in [1.54, 1.807) is 30.3 Å². The number of aliphatic hydroxyl groups excluding tert-OH is 1. The minimum Gasteiger partial charge on any atom is -0.388 e. The SMILES string of the molecule is [2H]c1c([2H])c(C([2H])([2H])C([2H])([2H])CC[C@H](O)c2ccccc2)c([2H])c([2H])c1NC(=O)C([2H])([2H])c1csc(N)n1. The van der Waals surface area contributed by atoms with E-state index >= 15 is 0 Å². The summed E-state index contributed by atoms with van der Waals surface area (Å²) in [6.07, 6.45) is -10.3. The number of nitrogens with two attached hydrogens (primary N) is 1. The van der Waals surface area contributed by atoms with Crippen LogP contribution in [-0.4, -0.2) is 16.0 Å². The molecule has 146 valence electrons. The molecule has 3 aromatic rings. The number of carbonyl (C=O) groups excluding carboxylic acids is 1. The Bertz CT molecular complexity index is 1310. The molecule has 0 bridgehead atoms. The molecular weight excluding hydrogens is 370 g/mol. The summed E-state index contributed by atoms with van der Waals surface area (Å²) in [6, 6.07) is 4.76. The molecule has 3 rings (SSSR count). The molecule has 0 spiro atoms. The summed E-state index contributed by atoms with van der Waals surface area (Å²) >= 11 is 0.897. The minimum atomic E-state index is -3.03. The highest BCUT2D eigenvalue weighted by Crippen LogP contribution is 2.20. The summed E-state index contributed by atoms with van der Waals surface area (Å²) in [5, 5.41) is 13.6. The maximum Gasteiger partial charge on any atom is 0.230 e. The highest BCUT2D eigenvalue weighted by atomic mass is 32.1. The van der Waals surface area contributed by atoms with Gasteiger partial charge in [0.25, 0.3) is 0 Å². The van der Waals surface area contributed by atoms with Crippen molar-refractivity contribution in [2.45, 2.75) is 38.1 Å². The standard InChI is InChI=1S/C22H25N3O2S/c23-22-25-19(15-28-22)14-21(27)24-18-12-10-16(11-13-18)6-4-5-9-20(26)17-7-2-1-3-8-17/h1-3,7-8,10-13,15,20,26H,4-6,9,14H2,(H2,23,25)(H,24,27)/t20-/m0/s1/i4D2,6D2,10D,11D,12D,13D,14D2. The van der Waals surface area contributed by atoms with Gasteiger partial charge in [-0.15, -0.1) is 11.3 Å². The second-order valence-electron chi connectivity index (χ2n) is 5.67. The van der Waals surface area contributed by atoms with Crippen LogP contribution in [0.2, 0.25) is 0 Å². The topological polar surface area (TPSA) is 88.2 Å². The lowest BCUT2D eigenvalue weighted by Crippen LogP contribution is -2.14. The largest absolute Gasteiger partial charge is 0.388 e. The van der Waals surface area contributed by atoms with Gasteiger partial charge >= 0.3 is 0 Å². The van der Waals surface area contributed by atoms with Crippen LogP contribution in [0, 0.1) is 0 Å². The molecule has 6 heteroatoms. The average molecular weight is 406 g/mol. The Labute approximate surface area is 183 Å². The van der Waals surface area contributed by atoms with E-state index in [1.165, 1.54) is 5.38 Å². The van der Waals surface area contributed by atoms with Crippen molar-refractivity contribution in [1.82, 2.24) is 4.98 Å². The fourth-order valence-electron chi connectivity index (χ4n) is 2.25. The average Bonchev–Trinajstić information content (AvgIpc) is 3.31. The molecule has 0 unspecified atom stereocenters. The molecule has 0 saturated carbocycles. The van der Waals surface area contributed by atoms with Gasteiger partial charge in [-0.25, -0.2) is 4.98 Å². The second kappa shape index (κ2) is 10.0. The smallest absolute Gasteiger partial charge is 0.230 e. The third-order valence-electron chi connectivity index (χ3n) is 3.57. The number of amides is 1. The van der Waals surface area contributed by atoms with Crippen molar-refractivity contribution in [2.75, 3.05) is 11.1 Å². The lowest BCUT2D eigenvalue weighted by Gasteiger charge is -2.10. The Morgan fingerprint density at radius 3 is 2.71 bits per heavy atom. The normalized spacial score (nSPS) is 18.6. The number of carbonyl (C=O) groups is 1. The first-order valence-electron chi connectivity index (χ1n) is 13.4. The molecule has 0 aliphatic rings. The number of aromatic nitrogens is 1. The minimum absolute atomic E-state index is 0.0121. The Morgan fingerprint density at radius 1 is 1.29 bits per heavy atom. The number of aliphatic hydroxyl groups is 1. The summed E-state index contributed by atoms with van der Waals surface area (Å²) in [5.74, 6) is -1.34. The number of benzene rings is 2. The van der Waals surface area contributed by atoms with Crippen molar-refractivity contribution in [3.05, 3.63) is 76.7 Å². The van der Waals surface area contributed by atoms with Crippen molar-refractivity contribution >= 4 is 28.1 Å². The maximum atomic E-state index is 12.7. The van der Waals surface area contributed by atoms with Gasteiger partial charge in [0.05, 0.1) is 23.7 Å². The van der Waals surface area contributed by atoms with Crippen LogP contribution in [0.4, 0.5) is 10.8 Å². The zero-order chi connectivity index (χ0) is 28.6. The van der Waals surface area contributed by atoms with Gasteiger partial charge < -0.3 is 16.2 Å². The third-order valence-corrected chi connectivity index (χ3v) is 4.24. The number of anilines is 2. The maximum absolute atomic E-state index is 12.7. The first-order valence-corrected chi connectivity index (χ1v) is 9.27. The number of thiazole rings is 1. The predicted octanol–water partition coefficient (Wildman–Crippen LogP) is 4.35. The van der Waals surface area contributed by atoms with E-state index in [4.69, 9.17) is 19.4 Å². The van der Waals surface area contributed by atoms with Crippen LogP contribution in [0.5, 0.6) is 0 Å². The molecule has 1 aromatic heterocycles. The Morgan fingerprint density at radius 2 is 2.04 bits per heavy atom. The van der Waals surface area contributed by atoms with Gasteiger partial charge in [-0.2, -0.15) is 0 Å². The van der Waals surface area contributed by atoms with Crippen molar-refractivity contribution in [3.63, 3.8) is 0 Å². The van der Waals surface area contributed by atoms with Crippen molar-refractivity contribution in [1.29, 1.82) is 0 Å². The van der Waals surface area contributed by atoms with Crippen LogP contribution < -0.4 is 11.1 Å². The molecule has 28 heavy (non-hydrogen) atoms. The molecule has 4 N–H and O–H groups in total. The van der Waals surface area contributed by atoms with E-state index < -0.39 is 73.0 Å². The highest BCUT2D eigenvalue weighted by Gasteiger charge is 2.08. The molecular formula is C22H25N3O2S. The van der Waals surface area contributed by atoms with E-state index in [0.717, 1.165) is 11.3 Å². The Hall–Kier alpha value is -2.70. The zero-order valence-electron chi connectivity index (χ0n) is 24.7. The summed E-state index contributed by atoms with van der Waals surface area (Å²) in [7, 11) is 0. The first kappa shape index (κ1) is 10.7. The summed E-state index contributed by atoms with van der Waals surface area (Å²) in [6.45, 7) is 0. The van der Waals surface area contributed by atoms with Crippen LogP contribution in [0.15, 0.2) is 59.9 Å². The van der Waals surface area contributed by atoms with Crippen LogP contribution >= 0.6 is 11.3 Å². The number of nitrogens with zero attached hydrogens (tertiary/aromatic N) is 1. The molecule has 0 radical (unpaired) electrons. The zero-order valence-corrected chi connectivity index (χ0v) is 15.6. The van der Waals surface area contributed by atoms with Gasteiger partial charge in [0, 0.05) is 19.3 Å². The monoisotopic (exact) mass is 405 g/mol. The van der Waals surface area contributed by atoms with Crippen molar-refractivity contribution in [2.24, 2.45) is 0 Å². The number of nitrogen functional groups attached to an aromatic ring is 1. The lowest BCUT2D eigenvalue weighted by atomic mass is 10.0.